The maximum absolute atomic E-state index is 4.83. The third kappa shape index (κ3) is 2.47. The Morgan fingerprint density at radius 2 is 2.15 bits per heavy atom. The summed E-state index contributed by atoms with van der Waals surface area (Å²) in [7, 11) is 0. The number of hydrogen-bond donors (Lipinski definition) is 1. The number of rotatable bonds is 4. The first-order valence-corrected chi connectivity index (χ1v) is 8.03. The van der Waals surface area contributed by atoms with Crippen LogP contribution >= 0.6 is 0 Å². The predicted molar refractivity (Wildman–Crippen MR) is 83.8 cm³/mol. The van der Waals surface area contributed by atoms with E-state index >= 15 is 0 Å². The van der Waals surface area contributed by atoms with Gasteiger partial charge >= 0.3 is 0 Å². The Bertz CT molecular complexity index is 527. The summed E-state index contributed by atoms with van der Waals surface area (Å²) in [5, 5.41) is 0. The Morgan fingerprint density at radius 1 is 1.30 bits per heavy atom. The molecule has 20 heavy (non-hydrogen) atoms. The van der Waals surface area contributed by atoms with Gasteiger partial charge in [-0.25, -0.2) is 4.98 Å². The molecule has 1 aromatic carbocycles. The first kappa shape index (κ1) is 13.6. The molecule has 2 heterocycles. The van der Waals surface area contributed by atoms with E-state index in [-0.39, 0.29) is 0 Å². The van der Waals surface area contributed by atoms with Crippen molar-refractivity contribution in [1.82, 2.24) is 14.9 Å². The number of nitrogens with zero attached hydrogens (tertiary/aromatic N) is 2. The van der Waals surface area contributed by atoms with Crippen LogP contribution in [0, 0.1) is 0 Å². The molecule has 1 N–H and O–H groups in total. The number of aromatic amines is 1. The molecule has 1 aromatic heterocycles. The van der Waals surface area contributed by atoms with E-state index in [1.165, 1.54) is 32.2 Å². The standard InChI is InChI=1S/C17H25N3/c1-3-13-9-7-8-12-20(13)16(4-2)17-18-14-10-5-6-11-15(14)19-17/h5-6,10-11,13,16H,3-4,7-9,12H2,1-2H3,(H,18,19). The highest BCUT2D eigenvalue weighted by molar-refractivity contribution is 5.74. The van der Waals surface area contributed by atoms with Crippen molar-refractivity contribution in [3.63, 3.8) is 0 Å². The van der Waals surface area contributed by atoms with Crippen molar-refractivity contribution in [3.8, 4) is 0 Å². The molecule has 2 atom stereocenters. The smallest absolute Gasteiger partial charge is 0.124 e. The Balaban J connectivity index is 1.91. The van der Waals surface area contributed by atoms with E-state index in [2.05, 4.69) is 48.0 Å². The van der Waals surface area contributed by atoms with Gasteiger partial charge in [-0.15, -0.1) is 0 Å². The van der Waals surface area contributed by atoms with Crippen LogP contribution in [0.15, 0.2) is 24.3 Å². The van der Waals surface area contributed by atoms with Gasteiger partial charge in [0.25, 0.3) is 0 Å². The second kappa shape index (κ2) is 5.96. The highest BCUT2D eigenvalue weighted by Gasteiger charge is 2.29. The zero-order chi connectivity index (χ0) is 13.9. The van der Waals surface area contributed by atoms with Crippen LogP contribution < -0.4 is 0 Å². The van der Waals surface area contributed by atoms with Crippen LogP contribution in [0.3, 0.4) is 0 Å². The summed E-state index contributed by atoms with van der Waals surface area (Å²) in [6.45, 7) is 5.81. The zero-order valence-electron chi connectivity index (χ0n) is 12.6. The molecule has 1 aliphatic heterocycles. The molecule has 2 unspecified atom stereocenters. The van der Waals surface area contributed by atoms with Gasteiger partial charge in [0, 0.05) is 6.04 Å². The second-order valence-electron chi connectivity index (χ2n) is 5.86. The SMILES string of the molecule is CCC1CCCCN1C(CC)c1nc2ccccc2[nH]1. The van der Waals surface area contributed by atoms with Crippen molar-refractivity contribution < 1.29 is 0 Å². The van der Waals surface area contributed by atoms with Crippen LogP contribution in [0.5, 0.6) is 0 Å². The summed E-state index contributed by atoms with van der Waals surface area (Å²) in [4.78, 5) is 11.0. The first-order valence-electron chi connectivity index (χ1n) is 8.03. The summed E-state index contributed by atoms with van der Waals surface area (Å²) >= 11 is 0. The quantitative estimate of drug-likeness (QED) is 0.900. The molecule has 3 heteroatoms. The lowest BCUT2D eigenvalue weighted by atomic mass is 9.96. The normalized spacial score (nSPS) is 22.2. The fourth-order valence-corrected chi connectivity index (χ4v) is 3.59. The lowest BCUT2D eigenvalue weighted by molar-refractivity contribution is 0.0848. The van der Waals surface area contributed by atoms with Gasteiger partial charge in [0.1, 0.15) is 5.82 Å². The Morgan fingerprint density at radius 3 is 2.90 bits per heavy atom. The summed E-state index contributed by atoms with van der Waals surface area (Å²) in [5.74, 6) is 1.15. The minimum atomic E-state index is 0.438. The van der Waals surface area contributed by atoms with Crippen molar-refractivity contribution in [2.45, 2.75) is 58.0 Å². The number of piperidine rings is 1. The van der Waals surface area contributed by atoms with Crippen LogP contribution in [-0.4, -0.2) is 27.5 Å². The number of aromatic nitrogens is 2. The number of H-pyrrole nitrogens is 1. The number of fused-ring (bicyclic) bond motifs is 1. The number of nitrogens with one attached hydrogen (secondary N) is 1. The molecule has 1 fully saturated rings. The van der Waals surface area contributed by atoms with E-state index < -0.39 is 0 Å². The number of imidazole rings is 1. The van der Waals surface area contributed by atoms with Crippen molar-refractivity contribution >= 4 is 11.0 Å². The molecule has 0 radical (unpaired) electrons. The van der Waals surface area contributed by atoms with Crippen molar-refractivity contribution in [1.29, 1.82) is 0 Å². The Labute approximate surface area is 121 Å². The molecule has 0 bridgehead atoms. The largest absolute Gasteiger partial charge is 0.341 e. The fourth-order valence-electron chi connectivity index (χ4n) is 3.59. The summed E-state index contributed by atoms with van der Waals surface area (Å²) in [6, 6.07) is 9.50. The van der Waals surface area contributed by atoms with Gasteiger partial charge < -0.3 is 4.98 Å². The van der Waals surface area contributed by atoms with Gasteiger partial charge in [0.05, 0.1) is 17.1 Å². The molecule has 0 aliphatic carbocycles. The lowest BCUT2D eigenvalue weighted by Crippen LogP contribution is -2.41. The Kier molecular flexibility index (Phi) is 4.06. The average Bonchev–Trinajstić information content (AvgIpc) is 2.92. The average molecular weight is 271 g/mol. The van der Waals surface area contributed by atoms with Gasteiger partial charge in [0.15, 0.2) is 0 Å². The molecule has 3 rings (SSSR count). The highest BCUT2D eigenvalue weighted by Crippen LogP contribution is 2.31. The third-order valence-electron chi connectivity index (χ3n) is 4.65. The van der Waals surface area contributed by atoms with Gasteiger partial charge in [-0.2, -0.15) is 0 Å². The number of benzene rings is 1. The van der Waals surface area contributed by atoms with Gasteiger partial charge in [-0.05, 0) is 44.4 Å². The van der Waals surface area contributed by atoms with E-state index in [4.69, 9.17) is 4.98 Å². The van der Waals surface area contributed by atoms with Crippen LogP contribution in [0.2, 0.25) is 0 Å². The molecule has 108 valence electrons. The van der Waals surface area contributed by atoms with E-state index in [1.54, 1.807) is 0 Å². The van der Waals surface area contributed by atoms with Crippen molar-refractivity contribution in [2.24, 2.45) is 0 Å². The van der Waals surface area contributed by atoms with E-state index in [0.29, 0.717) is 6.04 Å². The van der Waals surface area contributed by atoms with Gasteiger partial charge in [-0.3, -0.25) is 4.90 Å². The van der Waals surface area contributed by atoms with E-state index in [1.807, 2.05) is 0 Å². The monoisotopic (exact) mass is 271 g/mol. The lowest BCUT2D eigenvalue weighted by Gasteiger charge is -2.39. The maximum Gasteiger partial charge on any atom is 0.124 e. The minimum Gasteiger partial charge on any atom is -0.341 e. The van der Waals surface area contributed by atoms with Gasteiger partial charge in [-0.1, -0.05) is 32.4 Å². The fraction of sp³-hybridized carbons (Fsp3) is 0.588. The molecule has 2 aromatic rings. The molecule has 3 nitrogen and oxygen atoms in total. The van der Waals surface area contributed by atoms with Crippen LogP contribution in [-0.2, 0) is 0 Å². The number of para-hydroxylation sites is 2. The molecular formula is C17H25N3. The molecule has 0 saturated carbocycles. The first-order chi connectivity index (χ1) is 9.83. The predicted octanol–water partition coefficient (Wildman–Crippen LogP) is 4.28. The summed E-state index contributed by atoms with van der Waals surface area (Å²) < 4.78 is 0. The van der Waals surface area contributed by atoms with Crippen LogP contribution in [0.1, 0.15) is 57.8 Å². The molecule has 0 amide bonds. The second-order valence-corrected chi connectivity index (χ2v) is 5.86. The molecule has 1 aliphatic rings. The Hall–Kier alpha value is -1.35. The highest BCUT2D eigenvalue weighted by atomic mass is 15.2. The molecule has 0 spiro atoms. The number of likely N-dealkylation sites (tertiary alicyclic amines) is 1. The van der Waals surface area contributed by atoms with Crippen molar-refractivity contribution in [2.75, 3.05) is 6.54 Å². The topological polar surface area (TPSA) is 31.9 Å². The maximum atomic E-state index is 4.83. The van der Waals surface area contributed by atoms with E-state index in [0.717, 1.165) is 29.3 Å². The minimum absolute atomic E-state index is 0.438. The van der Waals surface area contributed by atoms with E-state index in [9.17, 15) is 0 Å². The van der Waals surface area contributed by atoms with Crippen molar-refractivity contribution in [3.05, 3.63) is 30.1 Å². The van der Waals surface area contributed by atoms with Crippen LogP contribution in [0.4, 0.5) is 0 Å². The molecule has 1 saturated heterocycles. The zero-order valence-corrected chi connectivity index (χ0v) is 12.6. The number of hydrogen-bond acceptors (Lipinski definition) is 2. The summed E-state index contributed by atoms with van der Waals surface area (Å²) in [6.07, 6.45) is 6.42. The van der Waals surface area contributed by atoms with Crippen LogP contribution in [0.25, 0.3) is 11.0 Å². The third-order valence-corrected chi connectivity index (χ3v) is 4.65. The van der Waals surface area contributed by atoms with Gasteiger partial charge in [0.2, 0.25) is 0 Å². The molecular weight excluding hydrogens is 246 g/mol. The summed E-state index contributed by atoms with van der Waals surface area (Å²) in [5.41, 5.74) is 2.25.